The average Bonchev–Trinajstić information content (AvgIpc) is 2.25. The first kappa shape index (κ1) is 16.9. The molecule has 1 aromatic rings. The highest BCUT2D eigenvalue weighted by Gasteiger charge is 2.12. The maximum atomic E-state index is 12.4. The second-order valence-corrected chi connectivity index (χ2v) is 6.01. The van der Waals surface area contributed by atoms with E-state index in [1.807, 2.05) is 13.8 Å². The Balaban J connectivity index is 2.79. The summed E-state index contributed by atoms with van der Waals surface area (Å²) in [6.07, 6.45) is 0.954. The molecule has 0 aromatic carbocycles. The Morgan fingerprint density at radius 1 is 1.05 bits per heavy atom. The van der Waals surface area contributed by atoms with Crippen molar-refractivity contribution < 1.29 is 8.78 Å². The molecule has 0 amide bonds. The van der Waals surface area contributed by atoms with Crippen molar-refractivity contribution in [3.63, 3.8) is 0 Å². The first-order valence-electron chi connectivity index (χ1n) is 6.58. The van der Waals surface area contributed by atoms with Gasteiger partial charge in [0, 0.05) is 12.6 Å². The quantitative estimate of drug-likeness (QED) is 0.717. The first-order valence-corrected chi connectivity index (χ1v) is 7.46. The van der Waals surface area contributed by atoms with Crippen molar-refractivity contribution in [1.29, 1.82) is 0 Å². The van der Waals surface area contributed by atoms with Crippen LogP contribution in [0.2, 0.25) is 0 Å². The number of anilines is 2. The van der Waals surface area contributed by atoms with E-state index < -0.39 is 5.76 Å². The van der Waals surface area contributed by atoms with Gasteiger partial charge >= 0.3 is 0 Å². The molecule has 0 bridgehead atoms. The summed E-state index contributed by atoms with van der Waals surface area (Å²) in [5.74, 6) is -1.36. The summed E-state index contributed by atoms with van der Waals surface area (Å²) in [4.78, 5) is 12.1. The molecule has 0 aliphatic carbocycles. The first-order chi connectivity index (χ1) is 9.36. The molecule has 0 fully saturated rings. The van der Waals surface area contributed by atoms with E-state index in [4.69, 9.17) is 0 Å². The highest BCUT2D eigenvalue weighted by molar-refractivity contribution is 7.99. The summed E-state index contributed by atoms with van der Waals surface area (Å²) in [5.41, 5.74) is 0. The van der Waals surface area contributed by atoms with Gasteiger partial charge < -0.3 is 10.6 Å². The molecular formula is C12H21F2N5S. The van der Waals surface area contributed by atoms with Gasteiger partial charge in [-0.3, -0.25) is 0 Å². The summed E-state index contributed by atoms with van der Waals surface area (Å²) < 4.78 is 24.9. The van der Waals surface area contributed by atoms with Gasteiger partial charge in [0.05, 0.1) is 0 Å². The highest BCUT2D eigenvalue weighted by atomic mass is 32.2. The molecule has 20 heavy (non-hydrogen) atoms. The molecule has 8 heteroatoms. The van der Waals surface area contributed by atoms with E-state index in [2.05, 4.69) is 39.4 Å². The van der Waals surface area contributed by atoms with Crippen LogP contribution < -0.4 is 10.6 Å². The van der Waals surface area contributed by atoms with Crippen LogP contribution in [0.3, 0.4) is 0 Å². The Hall–Kier alpha value is -1.18. The SMILES string of the molecule is CC(C)CCNc1nc(NC(C)C)nc(SC(F)F)n1. The number of thioether (sulfide) groups is 1. The van der Waals surface area contributed by atoms with Gasteiger partial charge in [-0.2, -0.15) is 23.7 Å². The number of rotatable bonds is 8. The maximum Gasteiger partial charge on any atom is 0.291 e. The third kappa shape index (κ3) is 6.83. The van der Waals surface area contributed by atoms with E-state index in [1.165, 1.54) is 0 Å². The number of hydrogen-bond acceptors (Lipinski definition) is 6. The zero-order chi connectivity index (χ0) is 15.1. The van der Waals surface area contributed by atoms with Crippen LogP contribution in [0.1, 0.15) is 34.1 Å². The van der Waals surface area contributed by atoms with E-state index >= 15 is 0 Å². The van der Waals surface area contributed by atoms with Crippen molar-refractivity contribution in [2.24, 2.45) is 5.92 Å². The van der Waals surface area contributed by atoms with Crippen LogP contribution in [-0.2, 0) is 0 Å². The second kappa shape index (κ2) is 8.18. The lowest BCUT2D eigenvalue weighted by atomic mass is 10.1. The fraction of sp³-hybridized carbons (Fsp3) is 0.750. The standard InChI is InChI=1S/C12H21F2N5S/c1-7(2)5-6-15-10-17-11(16-8(3)4)19-12(18-10)20-9(13)14/h7-9H,5-6H2,1-4H3,(H2,15,16,17,18,19). The van der Waals surface area contributed by atoms with Crippen LogP contribution in [0, 0.1) is 5.92 Å². The van der Waals surface area contributed by atoms with Crippen LogP contribution in [0.15, 0.2) is 5.16 Å². The molecule has 0 atom stereocenters. The monoisotopic (exact) mass is 305 g/mol. The fourth-order valence-corrected chi connectivity index (χ4v) is 1.80. The molecule has 0 radical (unpaired) electrons. The third-order valence-electron chi connectivity index (χ3n) is 2.23. The second-order valence-electron chi connectivity index (χ2n) is 5.05. The number of hydrogen-bond donors (Lipinski definition) is 2. The number of nitrogens with zero attached hydrogens (tertiary/aromatic N) is 3. The van der Waals surface area contributed by atoms with Crippen LogP contribution in [0.4, 0.5) is 20.7 Å². The lowest BCUT2D eigenvalue weighted by molar-refractivity contribution is 0.251. The number of halogens is 2. The molecule has 0 unspecified atom stereocenters. The minimum Gasteiger partial charge on any atom is -0.354 e. The van der Waals surface area contributed by atoms with Gasteiger partial charge in [-0.1, -0.05) is 13.8 Å². The predicted octanol–water partition coefficient (Wildman–Crippen LogP) is 3.46. The zero-order valence-corrected chi connectivity index (χ0v) is 13.0. The topological polar surface area (TPSA) is 62.7 Å². The van der Waals surface area contributed by atoms with Crippen LogP contribution in [-0.4, -0.2) is 33.3 Å². The summed E-state index contributed by atoms with van der Waals surface area (Å²) in [6, 6.07) is 0.116. The van der Waals surface area contributed by atoms with Crippen molar-refractivity contribution in [2.75, 3.05) is 17.2 Å². The number of alkyl halides is 2. The third-order valence-corrected chi connectivity index (χ3v) is 2.80. The molecule has 0 saturated carbocycles. The maximum absolute atomic E-state index is 12.4. The highest BCUT2D eigenvalue weighted by Crippen LogP contribution is 2.23. The van der Waals surface area contributed by atoms with Gasteiger partial charge in [-0.15, -0.1) is 0 Å². The Morgan fingerprint density at radius 3 is 2.25 bits per heavy atom. The van der Waals surface area contributed by atoms with Crippen molar-refractivity contribution in [3.05, 3.63) is 0 Å². The number of nitrogens with one attached hydrogen (secondary N) is 2. The lowest BCUT2D eigenvalue weighted by Gasteiger charge is -2.12. The molecule has 1 rings (SSSR count). The summed E-state index contributed by atoms with van der Waals surface area (Å²) in [6.45, 7) is 8.77. The Labute approximate surface area is 122 Å². The molecule has 2 N–H and O–H groups in total. The molecule has 114 valence electrons. The van der Waals surface area contributed by atoms with E-state index in [1.54, 1.807) is 0 Å². The Morgan fingerprint density at radius 2 is 1.70 bits per heavy atom. The van der Waals surface area contributed by atoms with Gasteiger partial charge in [-0.05, 0) is 37.9 Å². The lowest BCUT2D eigenvalue weighted by Crippen LogP contribution is -2.16. The summed E-state index contributed by atoms with van der Waals surface area (Å²) >= 11 is 0.318. The van der Waals surface area contributed by atoms with E-state index in [0.717, 1.165) is 6.42 Å². The summed E-state index contributed by atoms with van der Waals surface area (Å²) in [7, 11) is 0. The van der Waals surface area contributed by atoms with Crippen molar-refractivity contribution in [3.8, 4) is 0 Å². The molecule has 0 saturated heterocycles. The van der Waals surface area contributed by atoms with Crippen LogP contribution in [0.5, 0.6) is 0 Å². The molecule has 1 heterocycles. The Kier molecular flexibility index (Phi) is 6.90. The van der Waals surface area contributed by atoms with Crippen molar-refractivity contribution in [1.82, 2.24) is 15.0 Å². The van der Waals surface area contributed by atoms with E-state index in [-0.39, 0.29) is 11.2 Å². The molecular weight excluding hydrogens is 284 g/mol. The van der Waals surface area contributed by atoms with Crippen LogP contribution >= 0.6 is 11.8 Å². The average molecular weight is 305 g/mol. The van der Waals surface area contributed by atoms with Crippen molar-refractivity contribution >= 4 is 23.7 Å². The zero-order valence-electron chi connectivity index (χ0n) is 12.2. The fourth-order valence-electron chi connectivity index (χ4n) is 1.36. The normalized spacial score (nSPS) is 11.4. The van der Waals surface area contributed by atoms with Crippen molar-refractivity contribution in [2.45, 2.75) is 51.1 Å². The van der Waals surface area contributed by atoms with Crippen LogP contribution in [0.25, 0.3) is 0 Å². The van der Waals surface area contributed by atoms with Gasteiger partial charge in [0.1, 0.15) is 0 Å². The van der Waals surface area contributed by atoms with Gasteiger partial charge in [-0.25, -0.2) is 0 Å². The molecule has 0 spiro atoms. The molecule has 5 nitrogen and oxygen atoms in total. The smallest absolute Gasteiger partial charge is 0.291 e. The van der Waals surface area contributed by atoms with Gasteiger partial charge in [0.2, 0.25) is 11.9 Å². The van der Waals surface area contributed by atoms with Gasteiger partial charge in [0.25, 0.3) is 5.76 Å². The largest absolute Gasteiger partial charge is 0.354 e. The van der Waals surface area contributed by atoms with Gasteiger partial charge in [0.15, 0.2) is 5.16 Å². The minimum absolute atomic E-state index is 0.0187. The molecule has 1 aromatic heterocycles. The molecule has 0 aliphatic heterocycles. The Bertz CT molecular complexity index is 387. The molecule has 0 aliphatic rings. The predicted molar refractivity (Wildman–Crippen MR) is 78.4 cm³/mol. The number of aromatic nitrogens is 3. The minimum atomic E-state index is -2.55. The van der Waals surface area contributed by atoms with E-state index in [0.29, 0.717) is 36.1 Å². The van der Waals surface area contributed by atoms with E-state index in [9.17, 15) is 8.78 Å². The summed E-state index contributed by atoms with van der Waals surface area (Å²) in [5, 5.41) is 6.06.